The number of nitrogens with zero attached hydrogens (tertiary/aromatic N) is 3. The van der Waals surface area contributed by atoms with Crippen LogP contribution in [0.4, 0.5) is 11.4 Å². The van der Waals surface area contributed by atoms with Crippen LogP contribution in [0.3, 0.4) is 0 Å². The largest absolute Gasteiger partial charge is 0.372 e. The normalized spacial score (nSPS) is 17.3. The maximum absolute atomic E-state index is 12.5. The minimum absolute atomic E-state index is 0.0162. The van der Waals surface area contributed by atoms with Gasteiger partial charge in [-0.15, -0.1) is 0 Å². The molecule has 26 heavy (non-hydrogen) atoms. The Balaban J connectivity index is 1.81. The Morgan fingerprint density at radius 3 is 2.31 bits per heavy atom. The Labute approximate surface area is 159 Å². The molecular weight excluding hydrogens is 342 g/mol. The third-order valence-corrected chi connectivity index (χ3v) is 5.36. The summed E-state index contributed by atoms with van der Waals surface area (Å²) in [6.45, 7) is 6.26. The first-order valence-corrected chi connectivity index (χ1v) is 9.60. The molecule has 0 aromatic heterocycles. The summed E-state index contributed by atoms with van der Waals surface area (Å²) in [7, 11) is 1.77. The second-order valence-electron chi connectivity index (χ2n) is 5.97. The smallest absolute Gasteiger partial charge is 0.266 e. The molecule has 0 bridgehead atoms. The standard InChI is InChI=1S/C21H23N3OS/c1-4-24(5-2)18-13-11-16(12-14-18)15-19-20(25)23(3)21(26-19)22-17-9-7-6-8-10-17/h6-15H,4-5H2,1-3H3/b19-15+,22-21?. The molecule has 1 amide bonds. The van der Waals surface area contributed by atoms with Crippen LogP contribution in [0, 0.1) is 0 Å². The number of hydrogen-bond acceptors (Lipinski definition) is 4. The molecule has 5 heteroatoms. The highest BCUT2D eigenvalue weighted by Gasteiger charge is 2.30. The van der Waals surface area contributed by atoms with Crippen molar-refractivity contribution >= 4 is 40.3 Å². The number of hydrogen-bond donors (Lipinski definition) is 0. The van der Waals surface area contributed by atoms with Gasteiger partial charge in [0.25, 0.3) is 5.91 Å². The zero-order valence-electron chi connectivity index (χ0n) is 15.3. The predicted octanol–water partition coefficient (Wildman–Crippen LogP) is 4.77. The van der Waals surface area contributed by atoms with Crippen molar-refractivity contribution in [2.24, 2.45) is 4.99 Å². The number of likely N-dealkylation sites (N-methyl/N-ethyl adjacent to an activating group) is 1. The van der Waals surface area contributed by atoms with Crippen LogP contribution < -0.4 is 4.90 Å². The van der Waals surface area contributed by atoms with Gasteiger partial charge in [0.1, 0.15) is 0 Å². The Bertz CT molecular complexity index is 824. The number of benzene rings is 2. The summed E-state index contributed by atoms with van der Waals surface area (Å²) >= 11 is 1.41. The van der Waals surface area contributed by atoms with E-state index >= 15 is 0 Å². The summed E-state index contributed by atoms with van der Waals surface area (Å²) in [6.07, 6.45) is 1.93. The molecular formula is C21H23N3OS. The molecule has 1 aliphatic heterocycles. The number of rotatable bonds is 5. The van der Waals surface area contributed by atoms with Gasteiger partial charge in [0.15, 0.2) is 5.17 Å². The monoisotopic (exact) mass is 365 g/mol. The van der Waals surface area contributed by atoms with Crippen molar-refractivity contribution in [2.75, 3.05) is 25.0 Å². The van der Waals surface area contributed by atoms with E-state index in [0.29, 0.717) is 10.1 Å². The topological polar surface area (TPSA) is 35.9 Å². The first-order valence-electron chi connectivity index (χ1n) is 8.78. The molecule has 1 aliphatic rings. The molecule has 0 spiro atoms. The molecule has 0 atom stereocenters. The second-order valence-corrected chi connectivity index (χ2v) is 6.98. The lowest BCUT2D eigenvalue weighted by Gasteiger charge is -2.20. The van der Waals surface area contributed by atoms with Gasteiger partial charge >= 0.3 is 0 Å². The highest BCUT2D eigenvalue weighted by atomic mass is 32.2. The summed E-state index contributed by atoms with van der Waals surface area (Å²) in [5.74, 6) is -0.0162. The van der Waals surface area contributed by atoms with E-state index in [-0.39, 0.29) is 5.91 Å². The van der Waals surface area contributed by atoms with Gasteiger partial charge in [-0.3, -0.25) is 9.69 Å². The van der Waals surface area contributed by atoms with Gasteiger partial charge in [-0.2, -0.15) is 0 Å². The number of aliphatic imine (C=N–C) groups is 1. The molecule has 4 nitrogen and oxygen atoms in total. The van der Waals surface area contributed by atoms with Crippen molar-refractivity contribution in [3.05, 3.63) is 65.1 Å². The Kier molecular flexibility index (Phi) is 5.78. The average Bonchev–Trinajstić information content (AvgIpc) is 2.93. The van der Waals surface area contributed by atoms with Crippen molar-refractivity contribution in [1.82, 2.24) is 4.90 Å². The van der Waals surface area contributed by atoms with E-state index in [9.17, 15) is 4.79 Å². The molecule has 1 saturated heterocycles. The number of carbonyl (C=O) groups is 1. The molecule has 1 heterocycles. The fraction of sp³-hybridized carbons (Fsp3) is 0.238. The molecule has 134 valence electrons. The maximum atomic E-state index is 12.5. The number of anilines is 1. The van der Waals surface area contributed by atoms with E-state index in [1.165, 1.54) is 17.4 Å². The van der Waals surface area contributed by atoms with E-state index in [1.54, 1.807) is 11.9 Å². The van der Waals surface area contributed by atoms with Crippen LogP contribution in [0.1, 0.15) is 19.4 Å². The first-order chi connectivity index (χ1) is 12.6. The molecule has 3 rings (SSSR count). The van der Waals surface area contributed by atoms with Crippen molar-refractivity contribution in [3.8, 4) is 0 Å². The molecule has 0 N–H and O–H groups in total. The van der Waals surface area contributed by atoms with Gasteiger partial charge < -0.3 is 4.90 Å². The molecule has 0 saturated carbocycles. The quantitative estimate of drug-likeness (QED) is 0.716. The van der Waals surface area contributed by atoms with Crippen LogP contribution in [0.2, 0.25) is 0 Å². The Morgan fingerprint density at radius 2 is 1.69 bits per heavy atom. The lowest BCUT2D eigenvalue weighted by atomic mass is 10.1. The summed E-state index contributed by atoms with van der Waals surface area (Å²) < 4.78 is 0. The number of thioether (sulfide) groups is 1. The van der Waals surface area contributed by atoms with Crippen molar-refractivity contribution in [1.29, 1.82) is 0 Å². The fourth-order valence-corrected chi connectivity index (χ4v) is 3.77. The van der Waals surface area contributed by atoms with Gasteiger partial charge in [-0.1, -0.05) is 30.3 Å². The maximum Gasteiger partial charge on any atom is 0.266 e. The van der Waals surface area contributed by atoms with Gasteiger partial charge in [0.05, 0.1) is 10.6 Å². The average molecular weight is 366 g/mol. The van der Waals surface area contributed by atoms with Gasteiger partial charge in [-0.25, -0.2) is 4.99 Å². The predicted molar refractivity (Wildman–Crippen MR) is 112 cm³/mol. The van der Waals surface area contributed by atoms with Crippen LogP contribution in [0.15, 0.2) is 64.5 Å². The molecule has 2 aromatic carbocycles. The van der Waals surface area contributed by atoms with Gasteiger partial charge in [0, 0.05) is 25.8 Å². The van der Waals surface area contributed by atoms with Gasteiger partial charge in [0.2, 0.25) is 0 Å². The second kappa shape index (κ2) is 8.23. The van der Waals surface area contributed by atoms with E-state index < -0.39 is 0 Å². The number of amidine groups is 1. The zero-order valence-corrected chi connectivity index (χ0v) is 16.2. The Hall–Kier alpha value is -2.53. The van der Waals surface area contributed by atoms with Crippen LogP contribution in [-0.4, -0.2) is 36.1 Å². The van der Waals surface area contributed by atoms with Crippen molar-refractivity contribution in [2.45, 2.75) is 13.8 Å². The number of para-hydroxylation sites is 1. The molecule has 0 radical (unpaired) electrons. The van der Waals surface area contributed by atoms with E-state index in [4.69, 9.17) is 0 Å². The highest BCUT2D eigenvalue weighted by Crippen LogP contribution is 2.33. The molecule has 0 aliphatic carbocycles. The van der Waals surface area contributed by atoms with E-state index in [2.05, 4.69) is 48.0 Å². The molecule has 1 fully saturated rings. The highest BCUT2D eigenvalue weighted by molar-refractivity contribution is 8.18. The minimum Gasteiger partial charge on any atom is -0.372 e. The SMILES string of the molecule is CCN(CC)c1ccc(/C=C2/SC(=Nc3ccccc3)N(C)C2=O)cc1. The summed E-state index contributed by atoms with van der Waals surface area (Å²) in [5, 5.41) is 0.701. The first kappa shape index (κ1) is 18.3. The van der Waals surface area contributed by atoms with Crippen LogP contribution in [0.5, 0.6) is 0 Å². The van der Waals surface area contributed by atoms with E-state index in [1.807, 2.05) is 36.4 Å². The van der Waals surface area contributed by atoms with Crippen LogP contribution in [-0.2, 0) is 4.79 Å². The number of carbonyl (C=O) groups excluding carboxylic acids is 1. The summed E-state index contributed by atoms with van der Waals surface area (Å²) in [5.41, 5.74) is 3.07. The summed E-state index contributed by atoms with van der Waals surface area (Å²) in [6, 6.07) is 18.0. The van der Waals surface area contributed by atoms with Crippen LogP contribution in [0.25, 0.3) is 6.08 Å². The van der Waals surface area contributed by atoms with E-state index in [0.717, 1.165) is 24.3 Å². The fourth-order valence-electron chi connectivity index (χ4n) is 2.79. The summed E-state index contributed by atoms with van der Waals surface area (Å²) in [4.78, 5) is 21.7. The Morgan fingerprint density at radius 1 is 1.04 bits per heavy atom. The lowest BCUT2D eigenvalue weighted by molar-refractivity contribution is -0.121. The van der Waals surface area contributed by atoms with Crippen molar-refractivity contribution in [3.63, 3.8) is 0 Å². The molecule has 0 unspecified atom stereocenters. The minimum atomic E-state index is -0.0162. The third kappa shape index (κ3) is 3.99. The number of amides is 1. The van der Waals surface area contributed by atoms with Gasteiger partial charge in [-0.05, 0) is 61.5 Å². The van der Waals surface area contributed by atoms with Crippen molar-refractivity contribution < 1.29 is 4.79 Å². The third-order valence-electron chi connectivity index (χ3n) is 4.30. The lowest BCUT2D eigenvalue weighted by Crippen LogP contribution is -2.23. The zero-order chi connectivity index (χ0) is 18.5. The molecule has 2 aromatic rings. The van der Waals surface area contributed by atoms with Crippen LogP contribution >= 0.6 is 11.8 Å².